The van der Waals surface area contributed by atoms with Gasteiger partial charge in [-0.3, -0.25) is 9.59 Å². The molecule has 1 saturated heterocycles. The van der Waals surface area contributed by atoms with E-state index >= 15 is 0 Å². The van der Waals surface area contributed by atoms with Gasteiger partial charge in [-0.25, -0.2) is 0 Å². The zero-order valence-electron chi connectivity index (χ0n) is 11.1. The quantitative estimate of drug-likeness (QED) is 0.878. The highest BCUT2D eigenvalue weighted by Gasteiger charge is 2.34. The van der Waals surface area contributed by atoms with Crippen molar-refractivity contribution < 1.29 is 9.59 Å². The Morgan fingerprint density at radius 2 is 2.11 bits per heavy atom. The van der Waals surface area contributed by atoms with E-state index in [1.807, 2.05) is 31.3 Å². The minimum atomic E-state index is -0.0165. The molecule has 2 aliphatic rings. The molecule has 2 atom stereocenters. The van der Waals surface area contributed by atoms with Gasteiger partial charge in [0.05, 0.1) is 6.04 Å². The van der Waals surface area contributed by atoms with Crippen LogP contribution in [0.25, 0.3) is 0 Å². The Morgan fingerprint density at radius 3 is 2.95 bits per heavy atom. The SMILES string of the molecule is CN1CCCC(CC2NC(=O)c3ccccc32)C1=O. The lowest BCUT2D eigenvalue weighted by Gasteiger charge is -2.30. The van der Waals surface area contributed by atoms with Crippen LogP contribution in [0.2, 0.25) is 0 Å². The van der Waals surface area contributed by atoms with Crippen LogP contribution in [-0.4, -0.2) is 30.3 Å². The molecule has 0 bridgehead atoms. The summed E-state index contributed by atoms with van der Waals surface area (Å²) in [7, 11) is 1.86. The molecular formula is C15H18N2O2. The molecule has 0 aliphatic carbocycles. The predicted molar refractivity (Wildman–Crippen MR) is 71.6 cm³/mol. The van der Waals surface area contributed by atoms with Gasteiger partial charge in [0.1, 0.15) is 0 Å². The van der Waals surface area contributed by atoms with Crippen LogP contribution in [0.5, 0.6) is 0 Å². The van der Waals surface area contributed by atoms with Crippen molar-refractivity contribution in [2.24, 2.45) is 5.92 Å². The van der Waals surface area contributed by atoms with Crippen molar-refractivity contribution in [3.05, 3.63) is 35.4 Å². The molecule has 100 valence electrons. The number of carbonyl (C=O) groups excluding carboxylic acids is 2. The van der Waals surface area contributed by atoms with Gasteiger partial charge in [-0.1, -0.05) is 18.2 Å². The molecule has 2 aliphatic heterocycles. The van der Waals surface area contributed by atoms with Gasteiger partial charge in [0.25, 0.3) is 5.91 Å². The number of nitrogens with zero attached hydrogens (tertiary/aromatic N) is 1. The predicted octanol–water partition coefficient (Wildman–Crippen LogP) is 1.73. The standard InChI is InChI=1S/C15H18N2O2/c1-17-8-4-5-10(15(17)19)9-13-11-6-2-3-7-12(11)14(18)16-13/h2-3,6-7,10,13H,4-5,8-9H2,1H3,(H,16,18). The monoisotopic (exact) mass is 258 g/mol. The number of piperidine rings is 1. The van der Waals surface area contributed by atoms with Gasteiger partial charge in [-0.05, 0) is 30.9 Å². The third-order valence-corrected chi connectivity index (χ3v) is 4.18. The van der Waals surface area contributed by atoms with Gasteiger partial charge in [0.2, 0.25) is 5.91 Å². The topological polar surface area (TPSA) is 49.4 Å². The molecule has 2 unspecified atom stereocenters. The van der Waals surface area contributed by atoms with Crippen molar-refractivity contribution in [3.63, 3.8) is 0 Å². The average Bonchev–Trinajstić information content (AvgIpc) is 2.73. The third-order valence-electron chi connectivity index (χ3n) is 4.18. The van der Waals surface area contributed by atoms with Gasteiger partial charge in [0.15, 0.2) is 0 Å². The molecule has 0 radical (unpaired) electrons. The third kappa shape index (κ3) is 2.11. The highest BCUT2D eigenvalue weighted by molar-refractivity contribution is 5.99. The van der Waals surface area contributed by atoms with E-state index in [9.17, 15) is 9.59 Å². The van der Waals surface area contributed by atoms with Crippen LogP contribution >= 0.6 is 0 Å². The molecule has 4 nitrogen and oxygen atoms in total. The molecule has 0 spiro atoms. The first kappa shape index (κ1) is 12.2. The summed E-state index contributed by atoms with van der Waals surface area (Å²) in [6.45, 7) is 0.850. The first-order valence-electron chi connectivity index (χ1n) is 6.81. The minimum absolute atomic E-state index is 0.0100. The average molecular weight is 258 g/mol. The van der Waals surface area contributed by atoms with E-state index in [2.05, 4.69) is 5.32 Å². The summed E-state index contributed by atoms with van der Waals surface area (Å²) in [5.74, 6) is 0.234. The smallest absolute Gasteiger partial charge is 0.252 e. The molecular weight excluding hydrogens is 240 g/mol. The Morgan fingerprint density at radius 1 is 1.32 bits per heavy atom. The second-order valence-corrected chi connectivity index (χ2v) is 5.45. The van der Waals surface area contributed by atoms with Gasteiger partial charge >= 0.3 is 0 Å². The van der Waals surface area contributed by atoms with Crippen LogP contribution in [-0.2, 0) is 4.79 Å². The minimum Gasteiger partial charge on any atom is -0.346 e. The number of amides is 2. The first-order valence-corrected chi connectivity index (χ1v) is 6.81. The molecule has 1 fully saturated rings. The molecule has 4 heteroatoms. The molecule has 19 heavy (non-hydrogen) atoms. The highest BCUT2D eigenvalue weighted by Crippen LogP contribution is 2.33. The summed E-state index contributed by atoms with van der Waals surface area (Å²) in [4.78, 5) is 25.8. The summed E-state index contributed by atoms with van der Waals surface area (Å²) in [6.07, 6.45) is 2.69. The zero-order chi connectivity index (χ0) is 13.4. The Balaban J connectivity index is 1.78. The number of nitrogens with one attached hydrogen (secondary N) is 1. The van der Waals surface area contributed by atoms with E-state index in [1.165, 1.54) is 0 Å². The molecule has 1 N–H and O–H groups in total. The molecule has 1 aromatic rings. The lowest BCUT2D eigenvalue weighted by Crippen LogP contribution is -2.39. The summed E-state index contributed by atoms with van der Waals surface area (Å²) in [6, 6.07) is 7.64. The number of rotatable bonds is 2. The first-order chi connectivity index (χ1) is 9.16. The molecule has 0 saturated carbocycles. The fourth-order valence-corrected chi connectivity index (χ4v) is 3.13. The number of benzene rings is 1. The lowest BCUT2D eigenvalue weighted by atomic mass is 9.88. The Hall–Kier alpha value is -1.84. The number of hydrogen-bond donors (Lipinski definition) is 1. The normalized spacial score (nSPS) is 26.3. The summed E-state index contributed by atoms with van der Waals surface area (Å²) >= 11 is 0. The number of hydrogen-bond acceptors (Lipinski definition) is 2. The molecule has 0 aromatic heterocycles. The van der Waals surface area contributed by atoms with Crippen LogP contribution < -0.4 is 5.32 Å². The van der Waals surface area contributed by atoms with Crippen LogP contribution in [0.15, 0.2) is 24.3 Å². The van der Waals surface area contributed by atoms with Gasteiger partial charge in [-0.2, -0.15) is 0 Å². The molecule has 2 amide bonds. The molecule has 3 rings (SSSR count). The van der Waals surface area contributed by atoms with Crippen LogP contribution in [0.1, 0.15) is 41.2 Å². The summed E-state index contributed by atoms with van der Waals surface area (Å²) in [5, 5.41) is 2.99. The zero-order valence-corrected chi connectivity index (χ0v) is 11.1. The lowest BCUT2D eigenvalue weighted by molar-refractivity contribution is -0.137. The number of fused-ring (bicyclic) bond motifs is 1. The fourth-order valence-electron chi connectivity index (χ4n) is 3.13. The van der Waals surface area contributed by atoms with Crippen molar-refractivity contribution in [1.29, 1.82) is 0 Å². The Labute approximate surface area is 112 Å². The van der Waals surface area contributed by atoms with Crippen LogP contribution in [0, 0.1) is 5.92 Å². The van der Waals surface area contributed by atoms with Crippen molar-refractivity contribution in [3.8, 4) is 0 Å². The maximum Gasteiger partial charge on any atom is 0.252 e. The molecule has 2 heterocycles. The van der Waals surface area contributed by atoms with Gasteiger partial charge < -0.3 is 10.2 Å². The van der Waals surface area contributed by atoms with Crippen molar-refractivity contribution in [2.45, 2.75) is 25.3 Å². The maximum atomic E-state index is 12.1. The van der Waals surface area contributed by atoms with Crippen molar-refractivity contribution in [1.82, 2.24) is 10.2 Å². The van der Waals surface area contributed by atoms with Crippen molar-refractivity contribution >= 4 is 11.8 Å². The second-order valence-electron chi connectivity index (χ2n) is 5.45. The van der Waals surface area contributed by atoms with E-state index < -0.39 is 0 Å². The maximum absolute atomic E-state index is 12.1. The van der Waals surface area contributed by atoms with Gasteiger partial charge in [-0.15, -0.1) is 0 Å². The summed E-state index contributed by atoms with van der Waals surface area (Å²) in [5.41, 5.74) is 1.79. The largest absolute Gasteiger partial charge is 0.346 e. The summed E-state index contributed by atoms with van der Waals surface area (Å²) < 4.78 is 0. The second kappa shape index (κ2) is 4.68. The Bertz CT molecular complexity index is 527. The van der Waals surface area contributed by atoms with Gasteiger partial charge in [0, 0.05) is 25.1 Å². The van der Waals surface area contributed by atoms with E-state index in [0.29, 0.717) is 6.42 Å². The Kier molecular flexibility index (Phi) is 3.01. The van der Waals surface area contributed by atoms with Crippen molar-refractivity contribution in [2.75, 3.05) is 13.6 Å². The van der Waals surface area contributed by atoms with E-state index in [1.54, 1.807) is 4.90 Å². The van der Waals surface area contributed by atoms with Crippen LogP contribution in [0.3, 0.4) is 0 Å². The highest BCUT2D eigenvalue weighted by atomic mass is 16.2. The fraction of sp³-hybridized carbons (Fsp3) is 0.467. The number of likely N-dealkylation sites (tertiary alicyclic amines) is 1. The van der Waals surface area contributed by atoms with Crippen LogP contribution in [0.4, 0.5) is 0 Å². The van der Waals surface area contributed by atoms with E-state index in [0.717, 1.165) is 30.5 Å². The molecule has 1 aromatic carbocycles. The van der Waals surface area contributed by atoms with E-state index in [-0.39, 0.29) is 23.8 Å². The number of carbonyl (C=O) groups is 2. The van der Waals surface area contributed by atoms with E-state index in [4.69, 9.17) is 0 Å².